The SMILES string of the molecule is CC(NCC(O)c1ccsc1)c1ccc(F)c(F)c1. The normalized spacial score (nSPS) is 14.3. The standard InChI is InChI=1S/C14H15F2NOS/c1-9(10-2-3-12(15)13(16)6-10)17-7-14(18)11-4-5-19-8-11/h2-6,8-9,14,17-18H,7H2,1H3. The third-order valence-electron chi connectivity index (χ3n) is 2.99. The van der Waals surface area contributed by atoms with Gasteiger partial charge in [0.05, 0.1) is 6.10 Å². The largest absolute Gasteiger partial charge is 0.387 e. The van der Waals surface area contributed by atoms with Crippen molar-refractivity contribution >= 4 is 11.3 Å². The monoisotopic (exact) mass is 283 g/mol. The third-order valence-corrected chi connectivity index (χ3v) is 3.69. The molecule has 2 atom stereocenters. The van der Waals surface area contributed by atoms with Gasteiger partial charge in [-0.25, -0.2) is 8.78 Å². The first-order valence-electron chi connectivity index (χ1n) is 5.96. The zero-order valence-electron chi connectivity index (χ0n) is 10.4. The molecule has 0 aliphatic rings. The molecule has 2 nitrogen and oxygen atoms in total. The van der Waals surface area contributed by atoms with Crippen molar-refractivity contribution in [3.05, 3.63) is 57.8 Å². The molecule has 1 aromatic heterocycles. The molecule has 5 heteroatoms. The molecule has 0 saturated carbocycles. The Morgan fingerprint density at radius 1 is 1.21 bits per heavy atom. The Kier molecular flexibility index (Phi) is 4.63. The van der Waals surface area contributed by atoms with Crippen LogP contribution in [0, 0.1) is 11.6 Å². The van der Waals surface area contributed by atoms with E-state index in [4.69, 9.17) is 0 Å². The summed E-state index contributed by atoms with van der Waals surface area (Å²) < 4.78 is 25.9. The molecule has 0 radical (unpaired) electrons. The Morgan fingerprint density at radius 3 is 2.63 bits per heavy atom. The second-order valence-electron chi connectivity index (χ2n) is 4.38. The second kappa shape index (κ2) is 6.23. The van der Waals surface area contributed by atoms with E-state index in [1.165, 1.54) is 23.5 Å². The fourth-order valence-corrected chi connectivity index (χ4v) is 2.48. The maximum atomic E-state index is 13.1. The number of aliphatic hydroxyl groups excluding tert-OH is 1. The van der Waals surface area contributed by atoms with E-state index >= 15 is 0 Å². The number of nitrogens with one attached hydrogen (secondary N) is 1. The molecule has 102 valence electrons. The van der Waals surface area contributed by atoms with Gasteiger partial charge in [-0.15, -0.1) is 0 Å². The Bertz CT molecular complexity index is 530. The molecule has 0 fully saturated rings. The second-order valence-corrected chi connectivity index (χ2v) is 5.16. The minimum absolute atomic E-state index is 0.164. The lowest BCUT2D eigenvalue weighted by Crippen LogP contribution is -2.24. The van der Waals surface area contributed by atoms with E-state index < -0.39 is 17.7 Å². The fraction of sp³-hybridized carbons (Fsp3) is 0.286. The average molecular weight is 283 g/mol. The van der Waals surface area contributed by atoms with Crippen LogP contribution in [-0.2, 0) is 0 Å². The minimum atomic E-state index is -0.857. The summed E-state index contributed by atoms with van der Waals surface area (Å²) >= 11 is 1.52. The van der Waals surface area contributed by atoms with Crippen LogP contribution in [0.4, 0.5) is 8.78 Å². The molecule has 1 aromatic carbocycles. The Labute approximate surface area is 114 Å². The van der Waals surface area contributed by atoms with E-state index in [1.54, 1.807) is 0 Å². The highest BCUT2D eigenvalue weighted by molar-refractivity contribution is 7.07. The summed E-state index contributed by atoms with van der Waals surface area (Å²) in [4.78, 5) is 0. The summed E-state index contributed by atoms with van der Waals surface area (Å²) in [6.45, 7) is 2.20. The number of halogens is 2. The van der Waals surface area contributed by atoms with Gasteiger partial charge in [0.15, 0.2) is 11.6 Å². The van der Waals surface area contributed by atoms with Gasteiger partial charge in [-0.3, -0.25) is 0 Å². The van der Waals surface area contributed by atoms with Crippen LogP contribution in [0.5, 0.6) is 0 Å². The number of aliphatic hydroxyl groups is 1. The highest BCUT2D eigenvalue weighted by atomic mass is 32.1. The molecule has 2 N–H and O–H groups in total. The number of hydrogen-bond acceptors (Lipinski definition) is 3. The Balaban J connectivity index is 1.93. The molecular weight excluding hydrogens is 268 g/mol. The molecule has 0 aliphatic carbocycles. The lowest BCUT2D eigenvalue weighted by Gasteiger charge is -2.17. The van der Waals surface area contributed by atoms with Gasteiger partial charge in [0.2, 0.25) is 0 Å². The zero-order valence-corrected chi connectivity index (χ0v) is 11.3. The molecule has 1 heterocycles. The van der Waals surface area contributed by atoms with Crippen molar-refractivity contribution in [3.63, 3.8) is 0 Å². The van der Waals surface area contributed by atoms with Crippen LogP contribution < -0.4 is 5.32 Å². The van der Waals surface area contributed by atoms with E-state index in [-0.39, 0.29) is 6.04 Å². The first-order valence-corrected chi connectivity index (χ1v) is 6.90. The highest BCUT2D eigenvalue weighted by Crippen LogP contribution is 2.19. The molecular formula is C14H15F2NOS. The number of hydrogen-bond donors (Lipinski definition) is 2. The van der Waals surface area contributed by atoms with E-state index in [0.29, 0.717) is 12.1 Å². The first kappa shape index (κ1) is 14.1. The van der Waals surface area contributed by atoms with Crippen molar-refractivity contribution in [2.45, 2.75) is 19.1 Å². The molecule has 0 saturated heterocycles. The van der Waals surface area contributed by atoms with Gasteiger partial charge in [0.1, 0.15) is 0 Å². The summed E-state index contributed by atoms with van der Waals surface area (Å²) in [6, 6.07) is 5.51. The molecule has 0 spiro atoms. The summed E-state index contributed by atoms with van der Waals surface area (Å²) in [5.74, 6) is -1.71. The smallest absolute Gasteiger partial charge is 0.159 e. The van der Waals surface area contributed by atoms with Crippen molar-refractivity contribution in [2.75, 3.05) is 6.54 Å². The van der Waals surface area contributed by atoms with Crippen LogP contribution in [0.25, 0.3) is 0 Å². The van der Waals surface area contributed by atoms with Crippen LogP contribution >= 0.6 is 11.3 Å². The molecule has 2 rings (SSSR count). The van der Waals surface area contributed by atoms with Crippen LogP contribution in [0.1, 0.15) is 30.2 Å². The van der Waals surface area contributed by atoms with Gasteiger partial charge in [-0.2, -0.15) is 11.3 Å². The number of benzene rings is 1. The number of thiophene rings is 1. The summed E-state index contributed by atoms with van der Waals surface area (Å²) in [7, 11) is 0. The molecule has 0 aliphatic heterocycles. The van der Waals surface area contributed by atoms with Crippen molar-refractivity contribution in [1.82, 2.24) is 5.32 Å². The molecule has 2 aromatic rings. The van der Waals surface area contributed by atoms with Crippen molar-refractivity contribution in [2.24, 2.45) is 0 Å². The minimum Gasteiger partial charge on any atom is -0.387 e. The first-order chi connectivity index (χ1) is 9.08. The Hall–Kier alpha value is -1.30. The predicted octanol–water partition coefficient (Wildman–Crippen LogP) is 3.41. The Morgan fingerprint density at radius 2 is 2.00 bits per heavy atom. The van der Waals surface area contributed by atoms with E-state index in [1.807, 2.05) is 23.8 Å². The van der Waals surface area contributed by atoms with E-state index in [0.717, 1.165) is 11.6 Å². The topological polar surface area (TPSA) is 32.3 Å². The van der Waals surface area contributed by atoms with Crippen LogP contribution in [0.2, 0.25) is 0 Å². The number of rotatable bonds is 5. The van der Waals surface area contributed by atoms with Crippen LogP contribution in [-0.4, -0.2) is 11.7 Å². The molecule has 0 bridgehead atoms. The van der Waals surface area contributed by atoms with Crippen LogP contribution in [0.3, 0.4) is 0 Å². The molecule has 19 heavy (non-hydrogen) atoms. The lowest BCUT2D eigenvalue weighted by molar-refractivity contribution is 0.171. The summed E-state index contributed by atoms with van der Waals surface area (Å²) in [5, 5.41) is 16.8. The van der Waals surface area contributed by atoms with Gasteiger partial charge in [-0.05, 0) is 47.0 Å². The highest BCUT2D eigenvalue weighted by Gasteiger charge is 2.12. The van der Waals surface area contributed by atoms with Gasteiger partial charge < -0.3 is 10.4 Å². The van der Waals surface area contributed by atoms with Gasteiger partial charge >= 0.3 is 0 Å². The van der Waals surface area contributed by atoms with Gasteiger partial charge in [-0.1, -0.05) is 6.07 Å². The van der Waals surface area contributed by atoms with E-state index in [2.05, 4.69) is 5.32 Å². The zero-order chi connectivity index (χ0) is 13.8. The quantitative estimate of drug-likeness (QED) is 0.881. The van der Waals surface area contributed by atoms with Gasteiger partial charge in [0.25, 0.3) is 0 Å². The third kappa shape index (κ3) is 3.59. The maximum absolute atomic E-state index is 13.1. The van der Waals surface area contributed by atoms with Crippen LogP contribution in [0.15, 0.2) is 35.0 Å². The van der Waals surface area contributed by atoms with Crippen molar-refractivity contribution in [1.29, 1.82) is 0 Å². The van der Waals surface area contributed by atoms with Crippen molar-refractivity contribution < 1.29 is 13.9 Å². The molecule has 2 unspecified atom stereocenters. The predicted molar refractivity (Wildman–Crippen MR) is 72.1 cm³/mol. The summed E-state index contributed by atoms with van der Waals surface area (Å²) in [6.07, 6.45) is -0.598. The summed E-state index contributed by atoms with van der Waals surface area (Å²) in [5.41, 5.74) is 1.51. The van der Waals surface area contributed by atoms with E-state index in [9.17, 15) is 13.9 Å². The maximum Gasteiger partial charge on any atom is 0.159 e. The fourth-order valence-electron chi connectivity index (χ4n) is 1.77. The average Bonchev–Trinajstić information content (AvgIpc) is 2.92. The lowest BCUT2D eigenvalue weighted by atomic mass is 10.1. The molecule has 0 amide bonds. The van der Waals surface area contributed by atoms with Gasteiger partial charge in [0, 0.05) is 12.6 Å². The van der Waals surface area contributed by atoms with Crippen molar-refractivity contribution in [3.8, 4) is 0 Å².